The van der Waals surface area contributed by atoms with Crippen LogP contribution < -0.4 is 20.1 Å². The molecular formula is C14H18F2N2O3. The molecule has 1 fully saturated rings. The molecule has 2 N–H and O–H groups in total. The molecule has 5 nitrogen and oxygen atoms in total. The van der Waals surface area contributed by atoms with Gasteiger partial charge >= 0.3 is 0 Å². The predicted octanol–water partition coefficient (Wildman–Crippen LogP) is 1.32. The van der Waals surface area contributed by atoms with Gasteiger partial charge in [-0.05, 0) is 18.2 Å². The first-order valence-electron chi connectivity index (χ1n) is 6.55. The van der Waals surface area contributed by atoms with Gasteiger partial charge in [0, 0.05) is 18.5 Å². The summed E-state index contributed by atoms with van der Waals surface area (Å²) >= 11 is 0. The molecule has 1 aromatic carbocycles. The van der Waals surface area contributed by atoms with Crippen LogP contribution in [-0.2, 0) is 11.3 Å². The van der Waals surface area contributed by atoms with E-state index in [9.17, 15) is 13.6 Å². The summed E-state index contributed by atoms with van der Waals surface area (Å²) in [6.45, 7) is -0.281. The third kappa shape index (κ3) is 3.81. The summed E-state index contributed by atoms with van der Waals surface area (Å²) in [5, 5.41) is 5.15. The molecule has 116 valence electrons. The van der Waals surface area contributed by atoms with Crippen molar-refractivity contribution in [3.63, 3.8) is 0 Å². The van der Waals surface area contributed by atoms with Gasteiger partial charge in [0.1, 0.15) is 11.5 Å². The van der Waals surface area contributed by atoms with Gasteiger partial charge in [0.15, 0.2) is 0 Å². The lowest BCUT2D eigenvalue weighted by atomic mass is 10.1. The normalized spacial score (nSPS) is 20.1. The molecule has 7 heteroatoms. The van der Waals surface area contributed by atoms with Crippen molar-refractivity contribution >= 4 is 5.91 Å². The molecule has 0 bridgehead atoms. The van der Waals surface area contributed by atoms with E-state index >= 15 is 0 Å². The van der Waals surface area contributed by atoms with E-state index in [4.69, 9.17) is 9.47 Å². The number of nitrogens with one attached hydrogen (secondary N) is 2. The van der Waals surface area contributed by atoms with E-state index in [2.05, 4.69) is 10.6 Å². The maximum absolute atomic E-state index is 13.1. The number of halogens is 2. The Bertz CT molecular complexity index is 523. The van der Waals surface area contributed by atoms with Gasteiger partial charge in [-0.25, -0.2) is 8.78 Å². The third-order valence-corrected chi connectivity index (χ3v) is 3.37. The van der Waals surface area contributed by atoms with Crippen molar-refractivity contribution in [2.45, 2.75) is 24.9 Å². The van der Waals surface area contributed by atoms with Gasteiger partial charge in [-0.3, -0.25) is 10.1 Å². The molecular weight excluding hydrogens is 282 g/mol. The van der Waals surface area contributed by atoms with E-state index in [1.54, 1.807) is 18.2 Å². The van der Waals surface area contributed by atoms with Crippen LogP contribution in [0.5, 0.6) is 11.5 Å². The Morgan fingerprint density at radius 2 is 2.19 bits per heavy atom. The van der Waals surface area contributed by atoms with Crippen LogP contribution in [-0.4, -0.2) is 38.6 Å². The highest BCUT2D eigenvalue weighted by molar-refractivity contribution is 5.82. The first-order valence-corrected chi connectivity index (χ1v) is 6.55. The van der Waals surface area contributed by atoms with Gasteiger partial charge in [-0.1, -0.05) is 0 Å². The number of benzene rings is 1. The molecule has 2 rings (SSSR count). The summed E-state index contributed by atoms with van der Waals surface area (Å²) in [6.07, 6.45) is -0.478. The average Bonchev–Trinajstić information content (AvgIpc) is 2.84. The van der Waals surface area contributed by atoms with Crippen LogP contribution in [0.15, 0.2) is 18.2 Å². The number of rotatable bonds is 5. The molecule has 21 heavy (non-hydrogen) atoms. The lowest BCUT2D eigenvalue weighted by Gasteiger charge is -2.14. The minimum atomic E-state index is -2.82. The summed E-state index contributed by atoms with van der Waals surface area (Å²) in [4.78, 5) is 11.9. The van der Waals surface area contributed by atoms with Crippen LogP contribution in [0, 0.1) is 0 Å². The van der Waals surface area contributed by atoms with Crippen molar-refractivity contribution in [2.24, 2.45) is 0 Å². The molecule has 1 amide bonds. The van der Waals surface area contributed by atoms with E-state index in [0.29, 0.717) is 11.5 Å². The predicted molar refractivity (Wildman–Crippen MR) is 72.7 cm³/mol. The second-order valence-corrected chi connectivity index (χ2v) is 4.89. The number of amides is 1. The van der Waals surface area contributed by atoms with Gasteiger partial charge < -0.3 is 14.8 Å². The first-order chi connectivity index (χ1) is 9.95. The Kier molecular flexibility index (Phi) is 4.62. The standard InChI is InChI=1S/C14H18F2N2O3/c1-20-10-3-4-12(21-2)9(5-10)7-17-13(19)11-6-14(15,16)8-18-11/h3-5,11,18H,6-8H2,1-2H3,(H,17,19). The fourth-order valence-electron chi connectivity index (χ4n) is 2.23. The number of alkyl halides is 2. The molecule has 1 heterocycles. The van der Waals surface area contributed by atoms with Gasteiger partial charge in [0.05, 0.1) is 26.8 Å². The zero-order chi connectivity index (χ0) is 15.5. The Labute approximate surface area is 121 Å². The highest BCUT2D eigenvalue weighted by Gasteiger charge is 2.42. The zero-order valence-corrected chi connectivity index (χ0v) is 11.9. The van der Waals surface area contributed by atoms with Crippen LogP contribution in [0.2, 0.25) is 0 Å². The number of hydrogen-bond donors (Lipinski definition) is 2. The molecule has 1 aliphatic rings. The molecule has 0 spiro atoms. The van der Waals surface area contributed by atoms with Crippen LogP contribution in [0.25, 0.3) is 0 Å². The molecule has 1 aromatic rings. The third-order valence-electron chi connectivity index (χ3n) is 3.37. The van der Waals surface area contributed by atoms with Crippen molar-refractivity contribution in [2.75, 3.05) is 20.8 Å². The Morgan fingerprint density at radius 3 is 2.76 bits per heavy atom. The fraction of sp³-hybridized carbons (Fsp3) is 0.500. The summed E-state index contributed by atoms with van der Waals surface area (Å²) in [5.74, 6) is -2.04. The highest BCUT2D eigenvalue weighted by Crippen LogP contribution is 2.26. The van der Waals surface area contributed by atoms with Crippen molar-refractivity contribution < 1.29 is 23.0 Å². The summed E-state index contributed by atoms with van der Waals surface area (Å²) in [6, 6.07) is 4.33. The smallest absolute Gasteiger partial charge is 0.262 e. The molecule has 0 aliphatic carbocycles. The van der Waals surface area contributed by atoms with E-state index < -0.39 is 30.8 Å². The maximum atomic E-state index is 13.1. The minimum Gasteiger partial charge on any atom is -0.497 e. The summed E-state index contributed by atoms with van der Waals surface area (Å²) in [7, 11) is 3.06. The Hall–Kier alpha value is -1.89. The van der Waals surface area contributed by atoms with Gasteiger partial charge in [-0.2, -0.15) is 0 Å². The molecule has 1 atom stereocenters. The SMILES string of the molecule is COc1ccc(OC)c(CNC(=O)C2CC(F)(F)CN2)c1. The summed E-state index contributed by atoms with van der Waals surface area (Å²) < 4.78 is 36.4. The lowest BCUT2D eigenvalue weighted by molar-refractivity contribution is -0.123. The fourth-order valence-corrected chi connectivity index (χ4v) is 2.23. The van der Waals surface area contributed by atoms with Crippen molar-refractivity contribution in [1.29, 1.82) is 0 Å². The van der Waals surface area contributed by atoms with Gasteiger partial charge in [0.25, 0.3) is 5.92 Å². The molecule has 0 aromatic heterocycles. The molecule has 1 saturated heterocycles. The van der Waals surface area contributed by atoms with E-state index in [1.807, 2.05) is 0 Å². The van der Waals surface area contributed by atoms with Crippen molar-refractivity contribution in [3.05, 3.63) is 23.8 Å². The first kappa shape index (κ1) is 15.5. The summed E-state index contributed by atoms with van der Waals surface area (Å²) in [5.41, 5.74) is 0.718. The monoisotopic (exact) mass is 300 g/mol. The molecule has 1 aliphatic heterocycles. The largest absolute Gasteiger partial charge is 0.497 e. The van der Waals surface area contributed by atoms with E-state index in [1.165, 1.54) is 14.2 Å². The van der Waals surface area contributed by atoms with E-state index in [0.717, 1.165) is 5.56 Å². The quantitative estimate of drug-likeness (QED) is 0.861. The Morgan fingerprint density at radius 1 is 1.43 bits per heavy atom. The average molecular weight is 300 g/mol. The minimum absolute atomic E-state index is 0.183. The van der Waals surface area contributed by atoms with Crippen molar-refractivity contribution in [1.82, 2.24) is 10.6 Å². The number of ether oxygens (including phenoxy) is 2. The number of hydrogen-bond acceptors (Lipinski definition) is 4. The maximum Gasteiger partial charge on any atom is 0.262 e. The van der Waals surface area contributed by atoms with Crippen LogP contribution in [0.1, 0.15) is 12.0 Å². The van der Waals surface area contributed by atoms with Crippen LogP contribution in [0.3, 0.4) is 0 Å². The zero-order valence-electron chi connectivity index (χ0n) is 11.9. The van der Waals surface area contributed by atoms with E-state index in [-0.39, 0.29) is 6.54 Å². The Balaban J connectivity index is 1.98. The second-order valence-electron chi connectivity index (χ2n) is 4.89. The molecule has 1 unspecified atom stereocenters. The highest BCUT2D eigenvalue weighted by atomic mass is 19.3. The van der Waals surface area contributed by atoms with Crippen molar-refractivity contribution in [3.8, 4) is 11.5 Å². The topological polar surface area (TPSA) is 59.6 Å². The number of methoxy groups -OCH3 is 2. The second kappa shape index (κ2) is 6.26. The van der Waals surface area contributed by atoms with Gasteiger partial charge in [0.2, 0.25) is 5.91 Å². The van der Waals surface area contributed by atoms with Crippen LogP contribution >= 0.6 is 0 Å². The number of carbonyl (C=O) groups excluding carboxylic acids is 1. The number of carbonyl (C=O) groups is 1. The van der Waals surface area contributed by atoms with Gasteiger partial charge in [-0.15, -0.1) is 0 Å². The molecule has 0 saturated carbocycles. The lowest BCUT2D eigenvalue weighted by Crippen LogP contribution is -2.40. The van der Waals surface area contributed by atoms with Crippen LogP contribution in [0.4, 0.5) is 8.78 Å². The molecule has 0 radical (unpaired) electrons.